The third-order valence-corrected chi connectivity index (χ3v) is 6.10. The van der Waals surface area contributed by atoms with Gasteiger partial charge in [-0.15, -0.1) is 0 Å². The molecule has 33 heavy (non-hydrogen) atoms. The van der Waals surface area contributed by atoms with Crippen LogP contribution in [0.1, 0.15) is 53.5 Å². The summed E-state index contributed by atoms with van der Waals surface area (Å²) >= 11 is 0. The van der Waals surface area contributed by atoms with Crippen molar-refractivity contribution in [3.8, 4) is 22.6 Å². The van der Waals surface area contributed by atoms with Gasteiger partial charge in [-0.3, -0.25) is 4.79 Å². The highest BCUT2D eigenvalue weighted by atomic mass is 19.1. The lowest BCUT2D eigenvalue weighted by atomic mass is 9.97. The largest absolute Gasteiger partial charge is 0.493 e. The zero-order valence-corrected chi connectivity index (χ0v) is 19.9. The molecule has 0 radical (unpaired) electrons. The molecule has 0 aliphatic carbocycles. The van der Waals surface area contributed by atoms with Crippen LogP contribution in [0.25, 0.3) is 11.1 Å². The topological polar surface area (TPSA) is 66.5 Å². The third-order valence-electron chi connectivity index (χ3n) is 6.10. The van der Waals surface area contributed by atoms with Gasteiger partial charge in [-0.1, -0.05) is 38.0 Å². The van der Waals surface area contributed by atoms with Gasteiger partial charge in [0.05, 0.1) is 19.8 Å². The van der Waals surface area contributed by atoms with E-state index in [2.05, 4.69) is 11.5 Å². The number of nitrogens with two attached hydrogens (primary N) is 1. The maximum absolute atomic E-state index is 13.6. The number of unbranched alkanes of at least 4 members (excludes halogenated alkanes) is 2. The summed E-state index contributed by atoms with van der Waals surface area (Å²) in [6.45, 7) is 4.78. The zero-order chi connectivity index (χ0) is 24.0. The van der Waals surface area contributed by atoms with Gasteiger partial charge < -0.3 is 19.8 Å². The second-order valence-corrected chi connectivity index (χ2v) is 8.20. The second-order valence-electron chi connectivity index (χ2n) is 8.20. The Labute approximate surface area is 195 Å². The van der Waals surface area contributed by atoms with E-state index in [1.54, 1.807) is 26.4 Å². The van der Waals surface area contributed by atoms with E-state index in [1.807, 2.05) is 25.1 Å². The van der Waals surface area contributed by atoms with Crippen molar-refractivity contribution in [3.63, 3.8) is 0 Å². The van der Waals surface area contributed by atoms with E-state index in [0.717, 1.165) is 60.2 Å². The van der Waals surface area contributed by atoms with Gasteiger partial charge in [-0.2, -0.15) is 0 Å². The molecule has 5 nitrogen and oxygen atoms in total. The van der Waals surface area contributed by atoms with E-state index in [-0.39, 0.29) is 5.82 Å². The molecule has 0 saturated carbocycles. The van der Waals surface area contributed by atoms with Crippen molar-refractivity contribution in [1.29, 1.82) is 0 Å². The summed E-state index contributed by atoms with van der Waals surface area (Å²) in [5.74, 6) is 0.602. The van der Waals surface area contributed by atoms with Gasteiger partial charge in [0, 0.05) is 23.5 Å². The first kappa shape index (κ1) is 24.4. The van der Waals surface area contributed by atoms with Crippen LogP contribution in [-0.2, 0) is 19.4 Å². The number of nitrogens with zero attached hydrogens (tertiary/aromatic N) is 1. The quantitative estimate of drug-likeness (QED) is 0.380. The molecule has 2 N–H and O–H groups in total. The first-order valence-electron chi connectivity index (χ1n) is 11.4. The van der Waals surface area contributed by atoms with Crippen molar-refractivity contribution in [2.45, 2.75) is 52.5 Å². The monoisotopic (exact) mass is 452 g/mol. The number of carbonyl (C=O) groups excluding carboxylic acids is 1. The first-order valence-corrected chi connectivity index (χ1v) is 11.4. The van der Waals surface area contributed by atoms with E-state index >= 15 is 0 Å². The Balaban J connectivity index is 2.05. The van der Waals surface area contributed by atoms with Crippen LogP contribution in [0.5, 0.6) is 11.5 Å². The molecule has 1 aromatic heterocycles. The number of ether oxygens (including phenoxy) is 2. The molecule has 0 unspecified atom stereocenters. The number of carbonyl (C=O) groups is 1. The molecule has 0 atom stereocenters. The molecule has 0 aliphatic rings. The van der Waals surface area contributed by atoms with Gasteiger partial charge in [-0.05, 0) is 61.6 Å². The van der Waals surface area contributed by atoms with E-state index < -0.39 is 5.91 Å². The SMILES string of the molecule is CCCCCc1c(-c2ccc(F)cc2)c(C(N)=O)c(C)n1CCc1ccc(OC)c(OC)c1. The summed E-state index contributed by atoms with van der Waals surface area (Å²) in [5.41, 5.74) is 11.0. The van der Waals surface area contributed by atoms with E-state index in [1.165, 1.54) is 12.1 Å². The number of aryl methyl sites for hydroxylation is 1. The lowest BCUT2D eigenvalue weighted by Gasteiger charge is -2.15. The smallest absolute Gasteiger partial charge is 0.251 e. The highest BCUT2D eigenvalue weighted by Crippen LogP contribution is 2.35. The van der Waals surface area contributed by atoms with Crippen LogP contribution in [-0.4, -0.2) is 24.7 Å². The lowest BCUT2D eigenvalue weighted by molar-refractivity contribution is 0.1000. The normalized spacial score (nSPS) is 10.9. The molecule has 6 heteroatoms. The number of primary amides is 1. The molecule has 0 bridgehead atoms. The molecule has 3 rings (SSSR count). The van der Waals surface area contributed by atoms with Crippen LogP contribution in [0.3, 0.4) is 0 Å². The average Bonchev–Trinajstić information content (AvgIpc) is 3.09. The molecule has 0 aliphatic heterocycles. The third kappa shape index (κ3) is 5.38. The van der Waals surface area contributed by atoms with Crippen molar-refractivity contribution in [2.24, 2.45) is 5.73 Å². The predicted molar refractivity (Wildman–Crippen MR) is 130 cm³/mol. The van der Waals surface area contributed by atoms with Crippen LogP contribution >= 0.6 is 0 Å². The number of amides is 1. The zero-order valence-electron chi connectivity index (χ0n) is 19.9. The number of halogens is 1. The molecule has 3 aromatic rings. The van der Waals surface area contributed by atoms with E-state index in [4.69, 9.17) is 15.2 Å². The van der Waals surface area contributed by atoms with Gasteiger partial charge in [0.1, 0.15) is 5.82 Å². The van der Waals surface area contributed by atoms with Crippen LogP contribution in [0, 0.1) is 12.7 Å². The van der Waals surface area contributed by atoms with Crippen molar-refractivity contribution >= 4 is 5.91 Å². The minimum atomic E-state index is -0.464. The molecule has 0 saturated heterocycles. The van der Waals surface area contributed by atoms with E-state index in [0.29, 0.717) is 23.6 Å². The second kappa shape index (κ2) is 11.0. The van der Waals surface area contributed by atoms with Gasteiger partial charge >= 0.3 is 0 Å². The molecular formula is C27H33FN2O3. The first-order chi connectivity index (χ1) is 15.9. The molecule has 2 aromatic carbocycles. The minimum Gasteiger partial charge on any atom is -0.493 e. The molecule has 1 amide bonds. The highest BCUT2D eigenvalue weighted by molar-refractivity contribution is 6.02. The van der Waals surface area contributed by atoms with Crippen LogP contribution in [0.15, 0.2) is 42.5 Å². The number of hydrogen-bond acceptors (Lipinski definition) is 3. The molecule has 0 fully saturated rings. The average molecular weight is 453 g/mol. The molecule has 0 spiro atoms. The fourth-order valence-corrected chi connectivity index (χ4v) is 4.41. The molecular weight excluding hydrogens is 419 g/mol. The fraction of sp³-hybridized carbons (Fsp3) is 0.370. The number of methoxy groups -OCH3 is 2. The lowest BCUT2D eigenvalue weighted by Crippen LogP contribution is -2.14. The highest BCUT2D eigenvalue weighted by Gasteiger charge is 2.24. The Morgan fingerprint density at radius 2 is 1.70 bits per heavy atom. The predicted octanol–water partition coefficient (Wildman–Crippen LogP) is 5.69. The van der Waals surface area contributed by atoms with Crippen LogP contribution in [0.2, 0.25) is 0 Å². The Bertz CT molecular complexity index is 1100. The number of benzene rings is 2. The van der Waals surface area contributed by atoms with Gasteiger partial charge in [0.2, 0.25) is 0 Å². The summed E-state index contributed by atoms with van der Waals surface area (Å²) in [4.78, 5) is 12.5. The van der Waals surface area contributed by atoms with Crippen molar-refractivity contribution in [1.82, 2.24) is 4.57 Å². The standard InChI is InChI=1S/C27H33FN2O3/c1-5-6-7-8-22-26(20-10-12-21(28)13-11-20)25(27(29)31)18(2)30(22)16-15-19-9-14-23(32-3)24(17-19)33-4/h9-14,17H,5-8,15-16H2,1-4H3,(H2,29,31). The van der Waals surface area contributed by atoms with Crippen LogP contribution < -0.4 is 15.2 Å². The van der Waals surface area contributed by atoms with Crippen molar-refractivity contribution in [2.75, 3.05) is 14.2 Å². The van der Waals surface area contributed by atoms with Gasteiger partial charge in [0.15, 0.2) is 11.5 Å². The van der Waals surface area contributed by atoms with Gasteiger partial charge in [0.25, 0.3) is 5.91 Å². The van der Waals surface area contributed by atoms with Crippen molar-refractivity contribution < 1.29 is 18.7 Å². The maximum Gasteiger partial charge on any atom is 0.251 e. The fourth-order valence-electron chi connectivity index (χ4n) is 4.41. The van der Waals surface area contributed by atoms with Gasteiger partial charge in [-0.25, -0.2) is 4.39 Å². The van der Waals surface area contributed by atoms with Crippen molar-refractivity contribution in [3.05, 3.63) is 70.8 Å². The Morgan fingerprint density at radius 1 is 1.00 bits per heavy atom. The summed E-state index contributed by atoms with van der Waals surface area (Å²) < 4.78 is 26.6. The van der Waals surface area contributed by atoms with Crippen LogP contribution in [0.4, 0.5) is 4.39 Å². The van der Waals surface area contributed by atoms with E-state index in [9.17, 15) is 9.18 Å². The Morgan fingerprint density at radius 3 is 2.30 bits per heavy atom. The Hall–Kier alpha value is -3.28. The summed E-state index contributed by atoms with van der Waals surface area (Å²) in [5, 5.41) is 0. The number of rotatable bonds is 11. The maximum atomic E-state index is 13.6. The molecule has 176 valence electrons. The summed E-state index contributed by atoms with van der Waals surface area (Å²) in [7, 11) is 3.24. The number of aromatic nitrogens is 1. The Kier molecular flexibility index (Phi) is 8.15. The summed E-state index contributed by atoms with van der Waals surface area (Å²) in [6.07, 6.45) is 4.76. The number of hydrogen-bond donors (Lipinski definition) is 1. The molecule has 1 heterocycles. The minimum absolute atomic E-state index is 0.309. The summed E-state index contributed by atoms with van der Waals surface area (Å²) in [6, 6.07) is 12.2.